The molecule has 1 heterocycles. The lowest BCUT2D eigenvalue weighted by Crippen LogP contribution is -2.51. The number of aromatic nitrogens is 3. The number of benzene rings is 2. The maximum atomic E-state index is 13.0. The highest BCUT2D eigenvalue weighted by atomic mass is 32.2. The van der Waals surface area contributed by atoms with Crippen molar-refractivity contribution >= 4 is 17.7 Å². The van der Waals surface area contributed by atoms with Crippen molar-refractivity contribution in [1.29, 1.82) is 5.26 Å². The zero-order chi connectivity index (χ0) is 24.9. The highest BCUT2D eigenvalue weighted by Crippen LogP contribution is 2.31. The van der Waals surface area contributed by atoms with Crippen LogP contribution in [0.15, 0.2) is 53.7 Å². The molecule has 34 heavy (non-hydrogen) atoms. The maximum absolute atomic E-state index is 13.0. The molecule has 8 heteroatoms. The van der Waals surface area contributed by atoms with Crippen LogP contribution in [0.2, 0.25) is 0 Å². The molecule has 0 radical (unpaired) electrons. The topological polar surface area (TPSA) is 92.8 Å². The minimum absolute atomic E-state index is 0.0286. The Kier molecular flexibility index (Phi) is 8.00. The van der Waals surface area contributed by atoms with Gasteiger partial charge in [0.15, 0.2) is 11.0 Å². The summed E-state index contributed by atoms with van der Waals surface area (Å²) >= 11 is 1.31. The predicted octanol–water partition coefficient (Wildman–Crippen LogP) is 5.18. The number of nitriles is 1. The lowest BCUT2D eigenvalue weighted by Gasteiger charge is -2.28. The number of carbonyl (C=O) groups excluding carboxylic acids is 1. The Labute approximate surface area is 205 Å². The van der Waals surface area contributed by atoms with Crippen LogP contribution >= 0.6 is 11.8 Å². The van der Waals surface area contributed by atoms with Crippen molar-refractivity contribution in [3.8, 4) is 28.9 Å². The van der Waals surface area contributed by atoms with Crippen molar-refractivity contribution in [3.05, 3.63) is 54.1 Å². The number of amides is 1. The number of thioether (sulfide) groups is 1. The molecule has 0 bridgehead atoms. The Balaban J connectivity index is 1.97. The summed E-state index contributed by atoms with van der Waals surface area (Å²) in [6.45, 7) is 11.9. The summed E-state index contributed by atoms with van der Waals surface area (Å²) in [5.41, 5.74) is 1.97. The molecule has 2 atom stereocenters. The Morgan fingerprint density at radius 3 is 2.50 bits per heavy atom. The quantitative estimate of drug-likeness (QED) is 0.427. The Bertz CT molecular complexity index is 1180. The van der Waals surface area contributed by atoms with Gasteiger partial charge >= 0.3 is 0 Å². The molecule has 0 saturated carbocycles. The third-order valence-corrected chi connectivity index (χ3v) is 6.78. The molecule has 0 aliphatic rings. The van der Waals surface area contributed by atoms with E-state index in [0.717, 1.165) is 22.6 Å². The minimum atomic E-state index is -0.943. The normalized spacial score (nSPS) is 13.7. The summed E-state index contributed by atoms with van der Waals surface area (Å²) in [5.74, 6) is 1.22. The molecule has 7 nitrogen and oxygen atoms in total. The summed E-state index contributed by atoms with van der Waals surface area (Å²) < 4.78 is 7.54. The molecule has 0 spiro atoms. The van der Waals surface area contributed by atoms with Gasteiger partial charge in [-0.3, -0.25) is 9.36 Å². The molecule has 0 saturated heterocycles. The van der Waals surface area contributed by atoms with Crippen molar-refractivity contribution in [1.82, 2.24) is 20.1 Å². The van der Waals surface area contributed by atoms with Crippen LogP contribution in [0.25, 0.3) is 17.1 Å². The van der Waals surface area contributed by atoms with Gasteiger partial charge in [0.2, 0.25) is 5.91 Å². The summed E-state index contributed by atoms with van der Waals surface area (Å²) in [5, 5.41) is 21.5. The number of nitrogens with one attached hydrogen (secondary N) is 1. The van der Waals surface area contributed by atoms with Gasteiger partial charge in [0.05, 0.1) is 17.9 Å². The van der Waals surface area contributed by atoms with E-state index >= 15 is 0 Å². The second kappa shape index (κ2) is 10.7. The fraction of sp³-hybridized carbons (Fsp3) is 0.385. The maximum Gasteiger partial charge on any atom is 0.234 e. The van der Waals surface area contributed by atoms with Crippen LogP contribution in [0.5, 0.6) is 5.75 Å². The van der Waals surface area contributed by atoms with Crippen molar-refractivity contribution < 1.29 is 9.53 Å². The highest BCUT2D eigenvalue weighted by molar-refractivity contribution is 8.00. The summed E-state index contributed by atoms with van der Waals surface area (Å²) in [6.07, 6.45) is 0. The van der Waals surface area contributed by atoms with E-state index in [9.17, 15) is 10.1 Å². The smallest absolute Gasteiger partial charge is 0.234 e. The SMILES string of the molecule is CCOc1ccc(-n2c(SC(C)C(=O)NC(C)(C#N)C(C)C)nnc2-c2cccc(C)c2)cc1. The number of ether oxygens (including phenoxy) is 1. The predicted molar refractivity (Wildman–Crippen MR) is 135 cm³/mol. The zero-order valence-electron chi connectivity index (χ0n) is 20.5. The second-order valence-corrected chi connectivity index (χ2v) is 9.96. The van der Waals surface area contributed by atoms with Gasteiger partial charge in [-0.25, -0.2) is 0 Å². The standard InChI is InChI=1S/C26H31N5O2S/c1-7-33-22-13-11-21(12-14-22)31-23(20-10-8-9-18(4)15-20)29-30-25(31)34-19(5)24(32)28-26(6,16-27)17(2)3/h8-15,17,19H,7H2,1-6H3,(H,28,32). The molecule has 1 N–H and O–H groups in total. The second-order valence-electron chi connectivity index (χ2n) is 8.66. The lowest BCUT2D eigenvalue weighted by molar-refractivity contribution is -0.121. The average Bonchev–Trinajstić information content (AvgIpc) is 3.23. The van der Waals surface area contributed by atoms with E-state index in [-0.39, 0.29) is 11.8 Å². The number of hydrogen-bond donors (Lipinski definition) is 1. The van der Waals surface area contributed by atoms with Crippen molar-refractivity contribution in [3.63, 3.8) is 0 Å². The average molecular weight is 478 g/mol. The first-order chi connectivity index (χ1) is 16.2. The van der Waals surface area contributed by atoms with Gasteiger partial charge in [0, 0.05) is 11.3 Å². The van der Waals surface area contributed by atoms with Crippen LogP contribution in [0.3, 0.4) is 0 Å². The van der Waals surface area contributed by atoms with Gasteiger partial charge in [0.25, 0.3) is 0 Å². The zero-order valence-corrected chi connectivity index (χ0v) is 21.3. The van der Waals surface area contributed by atoms with E-state index < -0.39 is 10.8 Å². The van der Waals surface area contributed by atoms with Crippen molar-refractivity contribution in [2.45, 2.75) is 57.5 Å². The first kappa shape index (κ1) is 25.3. The van der Waals surface area contributed by atoms with E-state index in [1.165, 1.54) is 11.8 Å². The van der Waals surface area contributed by atoms with Gasteiger partial charge in [-0.05, 0) is 63.9 Å². The molecule has 2 unspecified atom stereocenters. The van der Waals surface area contributed by atoms with Crippen molar-refractivity contribution in [2.24, 2.45) is 5.92 Å². The number of nitrogens with zero attached hydrogens (tertiary/aromatic N) is 4. The van der Waals surface area contributed by atoms with E-state index in [2.05, 4.69) is 27.6 Å². The van der Waals surface area contributed by atoms with Crippen LogP contribution in [-0.4, -0.2) is 38.1 Å². The third-order valence-electron chi connectivity index (χ3n) is 5.74. The number of hydrogen-bond acceptors (Lipinski definition) is 6. The van der Waals surface area contributed by atoms with E-state index in [1.54, 1.807) is 6.92 Å². The first-order valence-corrected chi connectivity index (χ1v) is 12.2. The Hall–Kier alpha value is -3.31. The molecule has 178 valence electrons. The lowest BCUT2D eigenvalue weighted by atomic mass is 9.90. The van der Waals surface area contributed by atoms with Gasteiger partial charge in [-0.2, -0.15) is 5.26 Å². The number of aryl methyl sites for hydroxylation is 1. The van der Waals surface area contributed by atoms with Gasteiger partial charge in [-0.15, -0.1) is 10.2 Å². The van der Waals surface area contributed by atoms with Crippen LogP contribution in [0.4, 0.5) is 0 Å². The van der Waals surface area contributed by atoms with E-state index in [0.29, 0.717) is 17.6 Å². The molecule has 1 amide bonds. The molecular weight excluding hydrogens is 446 g/mol. The monoisotopic (exact) mass is 477 g/mol. The molecular formula is C26H31N5O2S. The summed E-state index contributed by atoms with van der Waals surface area (Å²) in [7, 11) is 0. The van der Waals surface area contributed by atoms with E-state index in [1.807, 2.05) is 81.7 Å². The van der Waals surface area contributed by atoms with Gasteiger partial charge in [0.1, 0.15) is 11.3 Å². The highest BCUT2D eigenvalue weighted by Gasteiger charge is 2.32. The van der Waals surface area contributed by atoms with Crippen LogP contribution in [0, 0.1) is 24.2 Å². The van der Waals surface area contributed by atoms with E-state index in [4.69, 9.17) is 4.74 Å². The first-order valence-electron chi connectivity index (χ1n) is 11.3. The van der Waals surface area contributed by atoms with Crippen LogP contribution < -0.4 is 10.1 Å². The van der Waals surface area contributed by atoms with Gasteiger partial charge < -0.3 is 10.1 Å². The van der Waals surface area contributed by atoms with Crippen LogP contribution in [-0.2, 0) is 4.79 Å². The summed E-state index contributed by atoms with van der Waals surface area (Å²) in [4.78, 5) is 13.0. The van der Waals surface area contributed by atoms with Gasteiger partial charge in [-0.1, -0.05) is 49.4 Å². The largest absolute Gasteiger partial charge is 0.494 e. The number of carbonyl (C=O) groups is 1. The Morgan fingerprint density at radius 1 is 1.21 bits per heavy atom. The number of rotatable bonds is 9. The molecule has 2 aromatic carbocycles. The summed E-state index contributed by atoms with van der Waals surface area (Å²) in [6, 6.07) is 18.0. The molecule has 0 aliphatic heterocycles. The molecule has 3 rings (SSSR count). The molecule has 0 fully saturated rings. The fourth-order valence-electron chi connectivity index (χ4n) is 3.28. The minimum Gasteiger partial charge on any atom is -0.494 e. The molecule has 1 aromatic heterocycles. The Morgan fingerprint density at radius 2 is 1.91 bits per heavy atom. The molecule has 3 aromatic rings. The van der Waals surface area contributed by atoms with Crippen LogP contribution in [0.1, 0.15) is 40.2 Å². The molecule has 0 aliphatic carbocycles. The fourth-order valence-corrected chi connectivity index (χ4v) is 4.15. The third kappa shape index (κ3) is 5.60. The van der Waals surface area contributed by atoms with Crippen molar-refractivity contribution in [2.75, 3.05) is 6.61 Å².